The molecule has 0 saturated carbocycles. The third-order valence-corrected chi connectivity index (χ3v) is 3.90. The summed E-state index contributed by atoms with van der Waals surface area (Å²) in [5, 5.41) is 19.1. The Balaban J connectivity index is 2.21. The average molecular weight is 328 g/mol. The number of carbonyl (C=O) groups excluding carboxylic acids is 1. The third-order valence-electron chi connectivity index (χ3n) is 3.90. The average Bonchev–Trinajstić information content (AvgIpc) is 2.51. The standard InChI is InChI=1S/C20H24O4/c1-5-13-6-9-19(16(10-13)20(2,3)4)24-12-18(23)15-8-7-14(21)11-17(15)22/h6-11,21-22H,5,12H2,1-4H3. The Morgan fingerprint density at radius 3 is 2.38 bits per heavy atom. The highest BCUT2D eigenvalue weighted by Gasteiger charge is 2.20. The number of phenolic OH excluding ortho intramolecular Hbond substituents is 2. The fourth-order valence-electron chi connectivity index (χ4n) is 2.49. The summed E-state index contributed by atoms with van der Waals surface area (Å²) in [7, 11) is 0. The van der Waals surface area contributed by atoms with Gasteiger partial charge in [0.2, 0.25) is 5.78 Å². The molecule has 0 aromatic heterocycles. The molecular formula is C20H24O4. The zero-order chi connectivity index (χ0) is 17.9. The van der Waals surface area contributed by atoms with Gasteiger partial charge >= 0.3 is 0 Å². The molecule has 2 aromatic rings. The molecule has 0 saturated heterocycles. The molecular weight excluding hydrogens is 304 g/mol. The Morgan fingerprint density at radius 1 is 1.08 bits per heavy atom. The van der Waals surface area contributed by atoms with Gasteiger partial charge in [0.1, 0.15) is 17.2 Å². The maximum atomic E-state index is 12.3. The van der Waals surface area contributed by atoms with Crippen molar-refractivity contribution in [2.75, 3.05) is 6.61 Å². The van der Waals surface area contributed by atoms with Crippen LogP contribution in [0.1, 0.15) is 49.2 Å². The van der Waals surface area contributed by atoms with Gasteiger partial charge in [-0.15, -0.1) is 0 Å². The van der Waals surface area contributed by atoms with Crippen molar-refractivity contribution in [1.82, 2.24) is 0 Å². The van der Waals surface area contributed by atoms with E-state index in [-0.39, 0.29) is 34.9 Å². The Bertz CT molecular complexity index is 742. The van der Waals surface area contributed by atoms with E-state index in [1.54, 1.807) is 0 Å². The van der Waals surface area contributed by atoms with Gasteiger partial charge in [0.05, 0.1) is 5.56 Å². The van der Waals surface area contributed by atoms with Crippen molar-refractivity contribution in [2.24, 2.45) is 0 Å². The second-order valence-electron chi connectivity index (χ2n) is 6.85. The van der Waals surface area contributed by atoms with Crippen molar-refractivity contribution < 1.29 is 19.7 Å². The highest BCUT2D eigenvalue weighted by atomic mass is 16.5. The van der Waals surface area contributed by atoms with Crippen molar-refractivity contribution in [3.05, 3.63) is 53.1 Å². The number of Topliss-reactive ketones (excluding diaryl/α,β-unsaturated/α-hetero) is 1. The molecule has 4 heteroatoms. The van der Waals surface area contributed by atoms with E-state index in [0.29, 0.717) is 5.75 Å². The fraction of sp³-hybridized carbons (Fsp3) is 0.350. The highest BCUT2D eigenvalue weighted by molar-refractivity contribution is 5.99. The first-order valence-corrected chi connectivity index (χ1v) is 8.03. The van der Waals surface area contributed by atoms with Crippen molar-refractivity contribution in [3.63, 3.8) is 0 Å². The van der Waals surface area contributed by atoms with Crippen LogP contribution in [0.5, 0.6) is 17.2 Å². The maximum Gasteiger partial charge on any atom is 0.203 e. The SMILES string of the molecule is CCc1ccc(OCC(=O)c2ccc(O)cc2O)c(C(C)(C)C)c1. The number of aromatic hydroxyl groups is 2. The van der Waals surface area contributed by atoms with Gasteiger partial charge in [0, 0.05) is 6.07 Å². The minimum Gasteiger partial charge on any atom is -0.508 e. The molecule has 0 amide bonds. The summed E-state index contributed by atoms with van der Waals surface area (Å²) in [6, 6.07) is 9.89. The van der Waals surface area contributed by atoms with Crippen LogP contribution in [0, 0.1) is 0 Å². The fourth-order valence-corrected chi connectivity index (χ4v) is 2.49. The van der Waals surface area contributed by atoms with Gasteiger partial charge in [-0.25, -0.2) is 0 Å². The van der Waals surface area contributed by atoms with E-state index < -0.39 is 0 Å². The molecule has 0 aliphatic rings. The number of benzene rings is 2. The van der Waals surface area contributed by atoms with Crippen LogP contribution in [-0.2, 0) is 11.8 Å². The summed E-state index contributed by atoms with van der Waals surface area (Å²) < 4.78 is 5.74. The molecule has 0 aliphatic carbocycles. The summed E-state index contributed by atoms with van der Waals surface area (Å²) in [6.07, 6.45) is 0.934. The van der Waals surface area contributed by atoms with Gasteiger partial charge in [-0.05, 0) is 41.2 Å². The molecule has 0 unspecified atom stereocenters. The molecule has 0 aliphatic heterocycles. The molecule has 2 rings (SSSR count). The molecule has 0 atom stereocenters. The zero-order valence-corrected chi connectivity index (χ0v) is 14.6. The Kier molecular flexibility index (Phi) is 5.17. The van der Waals surface area contributed by atoms with Crippen LogP contribution in [0.3, 0.4) is 0 Å². The van der Waals surface area contributed by atoms with Gasteiger partial charge < -0.3 is 14.9 Å². The van der Waals surface area contributed by atoms with Crippen LogP contribution >= 0.6 is 0 Å². The monoisotopic (exact) mass is 328 g/mol. The second-order valence-corrected chi connectivity index (χ2v) is 6.85. The zero-order valence-electron chi connectivity index (χ0n) is 14.6. The van der Waals surface area contributed by atoms with Crippen LogP contribution in [0.25, 0.3) is 0 Å². The lowest BCUT2D eigenvalue weighted by Gasteiger charge is -2.23. The first kappa shape index (κ1) is 17.9. The molecule has 0 bridgehead atoms. The van der Waals surface area contributed by atoms with Gasteiger partial charge in [-0.1, -0.05) is 39.8 Å². The van der Waals surface area contributed by atoms with Crippen molar-refractivity contribution >= 4 is 5.78 Å². The molecule has 24 heavy (non-hydrogen) atoms. The topological polar surface area (TPSA) is 66.8 Å². The maximum absolute atomic E-state index is 12.3. The van der Waals surface area contributed by atoms with E-state index in [9.17, 15) is 15.0 Å². The molecule has 0 heterocycles. The first-order valence-electron chi connectivity index (χ1n) is 8.03. The first-order chi connectivity index (χ1) is 11.2. The predicted molar refractivity (Wildman–Crippen MR) is 94.1 cm³/mol. The van der Waals surface area contributed by atoms with Crippen LogP contribution in [0.15, 0.2) is 36.4 Å². The van der Waals surface area contributed by atoms with Crippen LogP contribution in [-0.4, -0.2) is 22.6 Å². The van der Waals surface area contributed by atoms with Gasteiger partial charge in [0.15, 0.2) is 6.61 Å². The van der Waals surface area contributed by atoms with Crippen LogP contribution in [0.4, 0.5) is 0 Å². The van der Waals surface area contributed by atoms with Crippen molar-refractivity contribution in [2.45, 2.75) is 39.5 Å². The summed E-state index contributed by atoms with van der Waals surface area (Å²) in [6.45, 7) is 8.22. The van der Waals surface area contributed by atoms with E-state index in [4.69, 9.17) is 4.74 Å². The quantitative estimate of drug-likeness (QED) is 0.807. The second kappa shape index (κ2) is 6.95. The molecule has 128 valence electrons. The molecule has 2 aromatic carbocycles. The number of ether oxygens (including phenoxy) is 1. The number of phenols is 2. The number of aryl methyl sites for hydroxylation is 1. The molecule has 4 nitrogen and oxygen atoms in total. The minimum absolute atomic E-state index is 0.0878. The lowest BCUT2D eigenvalue weighted by Crippen LogP contribution is -2.17. The number of rotatable bonds is 5. The molecule has 2 N–H and O–H groups in total. The van der Waals surface area contributed by atoms with E-state index >= 15 is 0 Å². The van der Waals surface area contributed by atoms with E-state index in [1.807, 2.05) is 12.1 Å². The largest absolute Gasteiger partial charge is 0.508 e. The summed E-state index contributed by atoms with van der Waals surface area (Å²) >= 11 is 0. The van der Waals surface area contributed by atoms with E-state index in [0.717, 1.165) is 18.1 Å². The number of hydrogen-bond donors (Lipinski definition) is 2. The molecule has 0 radical (unpaired) electrons. The van der Waals surface area contributed by atoms with Crippen LogP contribution in [0.2, 0.25) is 0 Å². The normalized spacial score (nSPS) is 11.3. The number of ketones is 1. The van der Waals surface area contributed by atoms with Gasteiger partial charge in [-0.3, -0.25) is 4.79 Å². The Hall–Kier alpha value is -2.49. The third kappa shape index (κ3) is 4.07. The lowest BCUT2D eigenvalue weighted by molar-refractivity contribution is 0.0917. The van der Waals surface area contributed by atoms with E-state index in [1.165, 1.54) is 17.7 Å². The predicted octanol–water partition coefficient (Wildman–Crippen LogP) is 4.22. The van der Waals surface area contributed by atoms with E-state index in [2.05, 4.69) is 33.8 Å². The molecule has 0 spiro atoms. The van der Waals surface area contributed by atoms with Crippen molar-refractivity contribution in [3.8, 4) is 17.2 Å². The number of carbonyl (C=O) groups is 1. The summed E-state index contributed by atoms with van der Waals surface area (Å²) in [4.78, 5) is 12.3. The summed E-state index contributed by atoms with van der Waals surface area (Å²) in [5.74, 6) is -0.00522. The van der Waals surface area contributed by atoms with Crippen LogP contribution < -0.4 is 4.74 Å². The molecule has 0 fully saturated rings. The highest BCUT2D eigenvalue weighted by Crippen LogP contribution is 2.32. The van der Waals surface area contributed by atoms with Gasteiger partial charge in [0.25, 0.3) is 0 Å². The van der Waals surface area contributed by atoms with Crippen molar-refractivity contribution in [1.29, 1.82) is 0 Å². The Morgan fingerprint density at radius 2 is 1.79 bits per heavy atom. The Labute approximate surface area is 142 Å². The number of hydrogen-bond acceptors (Lipinski definition) is 4. The lowest BCUT2D eigenvalue weighted by atomic mass is 9.85. The summed E-state index contributed by atoms with van der Waals surface area (Å²) in [5.41, 5.74) is 2.29. The van der Waals surface area contributed by atoms with Gasteiger partial charge in [-0.2, -0.15) is 0 Å². The smallest absolute Gasteiger partial charge is 0.203 e. The minimum atomic E-state index is -0.341.